The molecule has 0 aliphatic carbocycles. The van der Waals surface area contributed by atoms with Crippen LogP contribution in [0.3, 0.4) is 0 Å². The smallest absolute Gasteiger partial charge is 0.337 e. The molecule has 1 aromatic carbocycles. The van der Waals surface area contributed by atoms with Crippen molar-refractivity contribution in [2.45, 2.75) is 6.04 Å². The van der Waals surface area contributed by atoms with E-state index in [0.29, 0.717) is 12.1 Å². The second kappa shape index (κ2) is 6.40. The van der Waals surface area contributed by atoms with Crippen molar-refractivity contribution in [1.82, 2.24) is 0 Å². The molecule has 0 bridgehead atoms. The van der Waals surface area contributed by atoms with Gasteiger partial charge >= 0.3 is 5.97 Å². The second-order valence-electron chi connectivity index (χ2n) is 2.96. The van der Waals surface area contributed by atoms with Gasteiger partial charge in [-0.05, 0) is 17.7 Å². The first-order chi connectivity index (χ1) is 6.69. The van der Waals surface area contributed by atoms with Crippen LogP contribution in [-0.4, -0.2) is 19.6 Å². The zero-order valence-electron chi connectivity index (χ0n) is 8.47. The molecule has 0 aliphatic heterocycles. The van der Waals surface area contributed by atoms with Crippen LogP contribution in [0.25, 0.3) is 0 Å². The molecule has 0 saturated heterocycles. The normalized spacial score (nSPS) is 11.4. The van der Waals surface area contributed by atoms with Gasteiger partial charge in [-0.2, -0.15) is 0 Å². The molecule has 0 saturated carbocycles. The molecule has 15 heavy (non-hydrogen) atoms. The number of ether oxygens (including phenoxy) is 1. The molecule has 0 unspecified atom stereocenters. The summed E-state index contributed by atoms with van der Waals surface area (Å²) in [6.45, 7) is 0.352. The minimum atomic E-state index is -0.365. The quantitative estimate of drug-likeness (QED) is 0.755. The van der Waals surface area contributed by atoms with E-state index in [4.69, 9.17) is 11.5 Å². The fraction of sp³-hybridized carbons (Fsp3) is 0.300. The number of hydrogen-bond donors (Lipinski definition) is 2. The zero-order chi connectivity index (χ0) is 10.6. The summed E-state index contributed by atoms with van der Waals surface area (Å²) in [4.78, 5) is 11.2. The zero-order valence-corrected chi connectivity index (χ0v) is 9.29. The summed E-state index contributed by atoms with van der Waals surface area (Å²) in [5, 5.41) is 0. The van der Waals surface area contributed by atoms with E-state index in [2.05, 4.69) is 4.74 Å². The van der Waals surface area contributed by atoms with Gasteiger partial charge in [-0.1, -0.05) is 12.1 Å². The Bertz CT molecular complexity index is 331. The van der Waals surface area contributed by atoms with E-state index < -0.39 is 0 Å². The van der Waals surface area contributed by atoms with Gasteiger partial charge in [0.1, 0.15) is 0 Å². The molecule has 4 N–H and O–H groups in total. The van der Waals surface area contributed by atoms with E-state index in [9.17, 15) is 4.79 Å². The number of rotatable bonds is 3. The van der Waals surface area contributed by atoms with E-state index >= 15 is 0 Å². The molecule has 1 aromatic rings. The van der Waals surface area contributed by atoms with Gasteiger partial charge in [0.05, 0.1) is 12.7 Å². The van der Waals surface area contributed by atoms with Crippen LogP contribution in [0.4, 0.5) is 0 Å². The van der Waals surface area contributed by atoms with Crippen molar-refractivity contribution < 1.29 is 9.53 Å². The van der Waals surface area contributed by atoms with Crippen molar-refractivity contribution in [2.75, 3.05) is 13.7 Å². The van der Waals surface area contributed by atoms with Crippen LogP contribution >= 0.6 is 12.4 Å². The fourth-order valence-corrected chi connectivity index (χ4v) is 1.15. The van der Waals surface area contributed by atoms with Gasteiger partial charge < -0.3 is 16.2 Å². The van der Waals surface area contributed by atoms with Gasteiger partial charge in [0.2, 0.25) is 0 Å². The van der Waals surface area contributed by atoms with Crippen molar-refractivity contribution in [3.63, 3.8) is 0 Å². The maximum absolute atomic E-state index is 11.2. The third-order valence-corrected chi connectivity index (χ3v) is 1.99. The molecule has 0 fully saturated rings. The topological polar surface area (TPSA) is 78.3 Å². The summed E-state index contributed by atoms with van der Waals surface area (Å²) >= 11 is 0. The number of benzene rings is 1. The van der Waals surface area contributed by atoms with Crippen LogP contribution in [0.15, 0.2) is 24.3 Å². The largest absolute Gasteiger partial charge is 0.465 e. The molecule has 0 aliphatic rings. The summed E-state index contributed by atoms with van der Waals surface area (Å²) in [6.07, 6.45) is 0. The third kappa shape index (κ3) is 3.51. The number of methoxy groups -OCH3 is 1. The van der Waals surface area contributed by atoms with E-state index in [1.807, 2.05) is 6.07 Å². The maximum atomic E-state index is 11.2. The Morgan fingerprint density at radius 1 is 1.53 bits per heavy atom. The molecule has 1 atom stereocenters. The van der Waals surface area contributed by atoms with Gasteiger partial charge in [-0.3, -0.25) is 0 Å². The highest BCUT2D eigenvalue weighted by Gasteiger charge is 2.08. The number of hydrogen-bond acceptors (Lipinski definition) is 4. The van der Waals surface area contributed by atoms with E-state index in [-0.39, 0.29) is 24.4 Å². The van der Waals surface area contributed by atoms with Crippen LogP contribution in [0.2, 0.25) is 0 Å². The highest BCUT2D eigenvalue weighted by Crippen LogP contribution is 2.12. The van der Waals surface area contributed by atoms with Gasteiger partial charge in [-0.25, -0.2) is 4.79 Å². The molecule has 84 valence electrons. The first-order valence-electron chi connectivity index (χ1n) is 4.33. The molecular weight excluding hydrogens is 216 g/mol. The van der Waals surface area contributed by atoms with Crippen molar-refractivity contribution in [1.29, 1.82) is 0 Å². The molecule has 0 heterocycles. The molecular formula is C10H15ClN2O2. The van der Waals surface area contributed by atoms with E-state index in [1.165, 1.54) is 7.11 Å². The van der Waals surface area contributed by atoms with Crippen LogP contribution in [0, 0.1) is 0 Å². The lowest BCUT2D eigenvalue weighted by atomic mass is 10.0. The first-order valence-corrected chi connectivity index (χ1v) is 4.33. The summed E-state index contributed by atoms with van der Waals surface area (Å²) in [6, 6.07) is 6.74. The summed E-state index contributed by atoms with van der Waals surface area (Å²) < 4.78 is 4.59. The Hall–Kier alpha value is -1.10. The second-order valence-corrected chi connectivity index (χ2v) is 2.96. The van der Waals surface area contributed by atoms with Crippen molar-refractivity contribution >= 4 is 18.4 Å². The van der Waals surface area contributed by atoms with Gasteiger partial charge in [0, 0.05) is 12.6 Å². The number of nitrogens with two attached hydrogens (primary N) is 2. The van der Waals surface area contributed by atoms with E-state index in [0.717, 1.165) is 5.56 Å². The van der Waals surface area contributed by atoms with Crippen LogP contribution < -0.4 is 11.5 Å². The van der Waals surface area contributed by atoms with Gasteiger partial charge in [0.25, 0.3) is 0 Å². The molecule has 0 amide bonds. The van der Waals surface area contributed by atoms with E-state index in [1.54, 1.807) is 18.2 Å². The molecule has 1 rings (SSSR count). The van der Waals surface area contributed by atoms with Crippen molar-refractivity contribution in [2.24, 2.45) is 11.5 Å². The lowest BCUT2D eigenvalue weighted by Gasteiger charge is -2.09. The Morgan fingerprint density at radius 3 is 2.73 bits per heavy atom. The molecule has 4 nitrogen and oxygen atoms in total. The highest BCUT2D eigenvalue weighted by molar-refractivity contribution is 5.89. The fourth-order valence-electron chi connectivity index (χ4n) is 1.15. The third-order valence-electron chi connectivity index (χ3n) is 1.99. The minimum Gasteiger partial charge on any atom is -0.465 e. The maximum Gasteiger partial charge on any atom is 0.337 e. The molecule has 5 heteroatoms. The van der Waals surface area contributed by atoms with Gasteiger partial charge in [0.15, 0.2) is 0 Å². The number of halogens is 1. The lowest BCUT2D eigenvalue weighted by molar-refractivity contribution is 0.0600. The summed E-state index contributed by atoms with van der Waals surface area (Å²) in [5.41, 5.74) is 12.5. The number of carbonyl (C=O) groups is 1. The predicted molar refractivity (Wildman–Crippen MR) is 61.0 cm³/mol. The van der Waals surface area contributed by atoms with Crippen LogP contribution in [0.5, 0.6) is 0 Å². The average Bonchev–Trinajstić information content (AvgIpc) is 2.27. The minimum absolute atomic E-state index is 0. The predicted octanol–water partition coefficient (Wildman–Crippen LogP) is 0.853. The monoisotopic (exact) mass is 230 g/mol. The molecule has 0 aromatic heterocycles. The first kappa shape index (κ1) is 13.9. The Labute approximate surface area is 95.0 Å². The Kier molecular flexibility index (Phi) is 5.93. The summed E-state index contributed by atoms with van der Waals surface area (Å²) in [5.74, 6) is -0.365. The molecule has 0 spiro atoms. The van der Waals surface area contributed by atoms with Crippen LogP contribution in [0.1, 0.15) is 22.0 Å². The number of carbonyl (C=O) groups excluding carboxylic acids is 1. The number of esters is 1. The van der Waals surface area contributed by atoms with Crippen molar-refractivity contribution in [3.05, 3.63) is 35.4 Å². The molecule has 0 radical (unpaired) electrons. The highest BCUT2D eigenvalue weighted by atomic mass is 35.5. The standard InChI is InChI=1S/C10H14N2O2.ClH/c1-14-10(13)8-4-2-3-7(5-8)9(12)6-11;/h2-5,9H,6,11-12H2,1H3;1H/t9-;/m1./s1. The lowest BCUT2D eigenvalue weighted by Crippen LogP contribution is -2.21. The van der Waals surface area contributed by atoms with Gasteiger partial charge in [-0.15, -0.1) is 12.4 Å². The summed E-state index contributed by atoms with van der Waals surface area (Å²) in [7, 11) is 1.35. The Balaban J connectivity index is 0.00000196. The Morgan fingerprint density at radius 2 is 2.20 bits per heavy atom. The van der Waals surface area contributed by atoms with Crippen molar-refractivity contribution in [3.8, 4) is 0 Å². The van der Waals surface area contributed by atoms with Crippen LogP contribution in [-0.2, 0) is 4.74 Å². The average molecular weight is 231 g/mol. The SMILES string of the molecule is COC(=O)c1cccc([C@H](N)CN)c1.Cl.